The molecular formula is C20H26O2S. The first-order valence-electron chi connectivity index (χ1n) is 8.35. The lowest BCUT2D eigenvalue weighted by molar-refractivity contribution is 0.595. The quantitative estimate of drug-likeness (QED) is 0.696. The van der Waals surface area contributed by atoms with E-state index in [4.69, 9.17) is 0 Å². The standard InChI is InChI=1S/C20H26O2S/c1-5-15(3)17-9-7-11-19(13-17)23(21,22)20-12-8-10-18(14-20)16(4)6-2/h7-16H,5-6H2,1-4H3. The highest BCUT2D eigenvalue weighted by atomic mass is 32.2. The van der Waals surface area contributed by atoms with Crippen LogP contribution in [0, 0.1) is 0 Å². The average Bonchev–Trinajstić information content (AvgIpc) is 2.60. The van der Waals surface area contributed by atoms with Gasteiger partial charge >= 0.3 is 0 Å². The monoisotopic (exact) mass is 330 g/mol. The van der Waals surface area contributed by atoms with Crippen LogP contribution >= 0.6 is 0 Å². The molecule has 124 valence electrons. The summed E-state index contributed by atoms with van der Waals surface area (Å²) in [4.78, 5) is 0.771. The van der Waals surface area contributed by atoms with Crippen molar-refractivity contribution in [2.24, 2.45) is 0 Å². The highest BCUT2D eigenvalue weighted by molar-refractivity contribution is 7.91. The van der Waals surface area contributed by atoms with Gasteiger partial charge in [0.15, 0.2) is 0 Å². The third kappa shape index (κ3) is 3.84. The minimum Gasteiger partial charge on any atom is -0.219 e. The zero-order chi connectivity index (χ0) is 17.0. The van der Waals surface area contributed by atoms with Crippen LogP contribution in [-0.2, 0) is 9.84 Å². The zero-order valence-electron chi connectivity index (χ0n) is 14.4. The Hall–Kier alpha value is -1.61. The Balaban J connectivity index is 2.46. The van der Waals surface area contributed by atoms with Crippen molar-refractivity contribution >= 4 is 9.84 Å². The van der Waals surface area contributed by atoms with Crippen LogP contribution in [0.2, 0.25) is 0 Å². The molecule has 3 heteroatoms. The molecule has 0 saturated carbocycles. The van der Waals surface area contributed by atoms with Gasteiger partial charge in [-0.2, -0.15) is 0 Å². The molecule has 2 nitrogen and oxygen atoms in total. The van der Waals surface area contributed by atoms with Gasteiger partial charge in [-0.3, -0.25) is 0 Å². The van der Waals surface area contributed by atoms with Gasteiger partial charge in [0.1, 0.15) is 0 Å². The number of sulfone groups is 1. The molecule has 2 aromatic carbocycles. The van der Waals surface area contributed by atoms with Crippen LogP contribution in [0.25, 0.3) is 0 Å². The normalized spacial score (nSPS) is 14.4. The van der Waals surface area contributed by atoms with Crippen molar-refractivity contribution in [2.75, 3.05) is 0 Å². The lowest BCUT2D eigenvalue weighted by atomic mass is 9.99. The van der Waals surface area contributed by atoms with Crippen LogP contribution in [0.1, 0.15) is 63.5 Å². The Kier molecular flexibility index (Phi) is 5.64. The zero-order valence-corrected chi connectivity index (χ0v) is 15.2. The summed E-state index contributed by atoms with van der Waals surface area (Å²) >= 11 is 0. The van der Waals surface area contributed by atoms with Gasteiger partial charge in [0.25, 0.3) is 0 Å². The maximum absolute atomic E-state index is 13.0. The lowest BCUT2D eigenvalue weighted by Gasteiger charge is -2.13. The SMILES string of the molecule is CCC(C)c1cccc(S(=O)(=O)c2cccc(C(C)CC)c2)c1. The van der Waals surface area contributed by atoms with Gasteiger partial charge in [0.05, 0.1) is 9.79 Å². The largest absolute Gasteiger partial charge is 0.219 e. The fourth-order valence-electron chi connectivity index (χ4n) is 2.58. The first kappa shape index (κ1) is 17.7. The molecule has 23 heavy (non-hydrogen) atoms. The summed E-state index contributed by atoms with van der Waals surface area (Å²) in [6.07, 6.45) is 1.99. The summed E-state index contributed by atoms with van der Waals surface area (Å²) in [6.45, 7) is 8.47. The lowest BCUT2D eigenvalue weighted by Crippen LogP contribution is -2.04. The maximum Gasteiger partial charge on any atom is 0.206 e. The van der Waals surface area contributed by atoms with E-state index in [2.05, 4.69) is 27.7 Å². The number of hydrogen-bond donors (Lipinski definition) is 0. The molecule has 0 aliphatic carbocycles. The fourth-order valence-corrected chi connectivity index (χ4v) is 3.95. The first-order valence-corrected chi connectivity index (χ1v) is 9.83. The molecule has 2 unspecified atom stereocenters. The van der Waals surface area contributed by atoms with E-state index in [1.807, 2.05) is 36.4 Å². The van der Waals surface area contributed by atoms with Crippen LogP contribution in [-0.4, -0.2) is 8.42 Å². The second-order valence-electron chi connectivity index (χ2n) is 6.27. The molecule has 2 aromatic rings. The summed E-state index contributed by atoms with van der Waals surface area (Å²) in [5, 5.41) is 0. The van der Waals surface area contributed by atoms with E-state index in [1.54, 1.807) is 12.1 Å². The van der Waals surface area contributed by atoms with Crippen LogP contribution in [0.3, 0.4) is 0 Å². The molecule has 0 aromatic heterocycles. The highest BCUT2D eigenvalue weighted by Crippen LogP contribution is 2.28. The topological polar surface area (TPSA) is 34.1 Å². The number of benzene rings is 2. The number of hydrogen-bond acceptors (Lipinski definition) is 2. The Morgan fingerprint density at radius 3 is 1.52 bits per heavy atom. The smallest absolute Gasteiger partial charge is 0.206 e. The van der Waals surface area contributed by atoms with E-state index < -0.39 is 9.84 Å². The molecule has 0 aliphatic rings. The van der Waals surface area contributed by atoms with Crippen molar-refractivity contribution in [1.29, 1.82) is 0 Å². The van der Waals surface area contributed by atoms with E-state index in [9.17, 15) is 8.42 Å². The van der Waals surface area contributed by atoms with Crippen LogP contribution in [0.4, 0.5) is 0 Å². The molecule has 2 rings (SSSR count). The summed E-state index contributed by atoms with van der Waals surface area (Å²) in [6, 6.07) is 14.7. The van der Waals surface area contributed by atoms with Gasteiger partial charge in [-0.05, 0) is 60.1 Å². The second-order valence-corrected chi connectivity index (χ2v) is 8.22. The predicted molar refractivity (Wildman–Crippen MR) is 95.7 cm³/mol. The second kappa shape index (κ2) is 7.31. The fraction of sp³-hybridized carbons (Fsp3) is 0.400. The third-order valence-electron chi connectivity index (χ3n) is 4.70. The first-order chi connectivity index (χ1) is 10.9. The Bertz CT molecular complexity index is 703. The van der Waals surface area contributed by atoms with Crippen LogP contribution < -0.4 is 0 Å². The molecule has 0 spiro atoms. The minimum absolute atomic E-state index is 0.358. The van der Waals surface area contributed by atoms with Crippen molar-refractivity contribution in [2.45, 2.75) is 62.2 Å². The van der Waals surface area contributed by atoms with Crippen LogP contribution in [0.15, 0.2) is 58.3 Å². The van der Waals surface area contributed by atoms with Crippen molar-refractivity contribution in [3.05, 3.63) is 59.7 Å². The molecule has 0 bridgehead atoms. The Labute approximate surface area is 140 Å². The van der Waals surface area contributed by atoms with Gasteiger partial charge < -0.3 is 0 Å². The van der Waals surface area contributed by atoms with Crippen molar-refractivity contribution in [3.63, 3.8) is 0 Å². The molecule has 0 radical (unpaired) electrons. The van der Waals surface area contributed by atoms with E-state index in [0.717, 1.165) is 24.0 Å². The third-order valence-corrected chi connectivity index (χ3v) is 6.45. The van der Waals surface area contributed by atoms with E-state index in [-0.39, 0.29) is 0 Å². The Morgan fingerprint density at radius 2 is 1.17 bits per heavy atom. The summed E-state index contributed by atoms with van der Waals surface area (Å²) in [5.74, 6) is 0.716. The molecule has 0 heterocycles. The molecule has 2 atom stereocenters. The average molecular weight is 330 g/mol. The molecular weight excluding hydrogens is 304 g/mol. The van der Waals surface area contributed by atoms with Crippen LogP contribution in [0.5, 0.6) is 0 Å². The van der Waals surface area contributed by atoms with E-state index in [1.165, 1.54) is 0 Å². The molecule has 0 N–H and O–H groups in total. The summed E-state index contributed by atoms with van der Waals surface area (Å²) in [5.41, 5.74) is 2.15. The van der Waals surface area contributed by atoms with Gasteiger partial charge in [-0.25, -0.2) is 8.42 Å². The molecule has 0 aliphatic heterocycles. The Morgan fingerprint density at radius 1 is 0.783 bits per heavy atom. The van der Waals surface area contributed by atoms with E-state index in [0.29, 0.717) is 21.6 Å². The minimum atomic E-state index is -3.47. The summed E-state index contributed by atoms with van der Waals surface area (Å²) in [7, 11) is -3.47. The van der Waals surface area contributed by atoms with Crippen molar-refractivity contribution in [3.8, 4) is 0 Å². The maximum atomic E-state index is 13.0. The van der Waals surface area contributed by atoms with Gasteiger partial charge in [-0.1, -0.05) is 52.0 Å². The predicted octanol–water partition coefficient (Wildman–Crippen LogP) is 5.55. The van der Waals surface area contributed by atoms with Crippen molar-refractivity contribution in [1.82, 2.24) is 0 Å². The molecule has 0 saturated heterocycles. The number of rotatable bonds is 6. The molecule has 0 fully saturated rings. The van der Waals surface area contributed by atoms with E-state index >= 15 is 0 Å². The van der Waals surface area contributed by atoms with Gasteiger partial charge in [0, 0.05) is 0 Å². The van der Waals surface area contributed by atoms with Gasteiger partial charge in [0.2, 0.25) is 9.84 Å². The van der Waals surface area contributed by atoms with Crippen molar-refractivity contribution < 1.29 is 8.42 Å². The summed E-state index contributed by atoms with van der Waals surface area (Å²) < 4.78 is 25.9. The van der Waals surface area contributed by atoms with Gasteiger partial charge in [-0.15, -0.1) is 0 Å². The highest BCUT2D eigenvalue weighted by Gasteiger charge is 2.19. The molecule has 0 amide bonds.